The van der Waals surface area contributed by atoms with Crippen molar-refractivity contribution in [2.45, 2.75) is 13.8 Å². The summed E-state index contributed by atoms with van der Waals surface area (Å²) in [6, 6.07) is 0. The lowest BCUT2D eigenvalue weighted by atomic mass is 10.8. The fraction of sp³-hybridized carbons (Fsp3) is 0.667. The van der Waals surface area contributed by atoms with Crippen molar-refractivity contribution in [1.29, 1.82) is 0 Å². The lowest BCUT2D eigenvalue weighted by Crippen LogP contribution is -2.07. The van der Waals surface area contributed by atoms with Crippen molar-refractivity contribution in [3.63, 3.8) is 0 Å². The average molecular weight is 162 g/mol. The first-order valence-electron chi connectivity index (χ1n) is 3.16. The summed E-state index contributed by atoms with van der Waals surface area (Å²) in [6.07, 6.45) is 0.494. The van der Waals surface area contributed by atoms with E-state index < -0.39 is 13.7 Å². The van der Waals surface area contributed by atoms with Gasteiger partial charge in [0.15, 0.2) is 5.80 Å². The van der Waals surface area contributed by atoms with Gasteiger partial charge in [0, 0.05) is 0 Å². The highest BCUT2D eigenvalue weighted by Gasteiger charge is 2.00. The number of hydrogen-bond donors (Lipinski definition) is 0. The second-order valence-electron chi connectivity index (χ2n) is 1.61. The molecule has 0 aromatic heterocycles. The molecule has 0 rings (SSSR count). The molecule has 0 saturated heterocycles. The van der Waals surface area contributed by atoms with Crippen LogP contribution in [0.4, 0.5) is 0 Å². The predicted molar refractivity (Wildman–Crippen MR) is 40.2 cm³/mol. The van der Waals surface area contributed by atoms with Gasteiger partial charge in [-0.3, -0.25) is 0 Å². The van der Waals surface area contributed by atoms with E-state index in [0.29, 0.717) is 12.8 Å². The van der Waals surface area contributed by atoms with Crippen LogP contribution in [0.15, 0.2) is 0 Å². The van der Waals surface area contributed by atoms with E-state index in [1.165, 1.54) is 0 Å². The zero-order valence-electron chi connectivity index (χ0n) is 6.16. The van der Waals surface area contributed by atoms with Crippen LogP contribution < -0.4 is 4.89 Å². The van der Waals surface area contributed by atoms with Crippen LogP contribution in [-0.4, -0.2) is 24.5 Å². The smallest absolute Gasteiger partial charge is 0.373 e. The molecule has 0 amide bonds. The van der Waals surface area contributed by atoms with E-state index in [9.17, 15) is 9.69 Å². The van der Waals surface area contributed by atoms with Gasteiger partial charge in [0.05, 0.1) is 20.5 Å². The maximum atomic E-state index is 10.7. The van der Waals surface area contributed by atoms with Crippen molar-refractivity contribution in [2.75, 3.05) is 12.8 Å². The Morgan fingerprint density at radius 1 is 1.70 bits per heavy atom. The molecule has 1 unspecified atom stereocenters. The summed E-state index contributed by atoms with van der Waals surface area (Å²) in [5.41, 5.74) is 0. The first-order chi connectivity index (χ1) is 4.70. The van der Waals surface area contributed by atoms with Gasteiger partial charge in [0.2, 0.25) is 0 Å². The van der Waals surface area contributed by atoms with Gasteiger partial charge in [-0.05, 0) is 13.8 Å². The molecule has 0 spiro atoms. The van der Waals surface area contributed by atoms with Crippen LogP contribution in [0.5, 0.6) is 0 Å². The van der Waals surface area contributed by atoms with Gasteiger partial charge in [-0.1, -0.05) is 0 Å². The number of esters is 1. The van der Waals surface area contributed by atoms with Gasteiger partial charge in [-0.2, -0.15) is 0 Å². The number of carbonyl (C=O) groups is 1. The lowest BCUT2D eigenvalue weighted by Gasteiger charge is -1.94. The van der Waals surface area contributed by atoms with E-state index in [-0.39, 0.29) is 0 Å². The maximum Gasteiger partial charge on any atom is 0.373 e. The molecule has 58 valence electrons. The summed E-state index contributed by atoms with van der Waals surface area (Å²) in [4.78, 5) is 21.2. The predicted octanol–water partition coefficient (Wildman–Crippen LogP) is 0.129. The largest absolute Gasteiger partial charge is 0.630 e. The van der Waals surface area contributed by atoms with Gasteiger partial charge in [0.25, 0.3) is 0 Å². The third kappa shape index (κ3) is 4.48. The Morgan fingerprint density at radius 3 is 2.70 bits per heavy atom. The Morgan fingerprint density at radius 2 is 2.30 bits per heavy atom. The van der Waals surface area contributed by atoms with Gasteiger partial charge in [-0.15, -0.1) is 0 Å². The molecule has 4 heteroatoms. The SMILES string of the molecule is CCOC(=O)C=[P+]([O-])CC. The van der Waals surface area contributed by atoms with Crippen LogP contribution in [0.25, 0.3) is 0 Å². The molecule has 0 aliphatic rings. The molecule has 0 aromatic carbocycles. The zero-order chi connectivity index (χ0) is 7.98. The number of hydrogen-bond acceptors (Lipinski definition) is 3. The van der Waals surface area contributed by atoms with Crippen LogP contribution >= 0.6 is 7.77 Å². The zero-order valence-corrected chi connectivity index (χ0v) is 7.06. The summed E-state index contributed by atoms with van der Waals surface area (Å²) < 4.78 is 4.54. The standard InChI is InChI=1S/C6H11O3P/c1-3-9-6(7)5-10(8)4-2/h5H,3-4H2,1-2H3. The topological polar surface area (TPSA) is 49.4 Å². The minimum absolute atomic E-state index is 0.336. The fourth-order valence-electron chi connectivity index (χ4n) is 0.388. The minimum atomic E-state index is -1.48. The van der Waals surface area contributed by atoms with E-state index in [1.807, 2.05) is 0 Å². The molecule has 0 aliphatic carbocycles. The summed E-state index contributed by atoms with van der Waals surface area (Å²) in [7, 11) is -1.48. The number of ether oxygens (including phenoxy) is 1. The monoisotopic (exact) mass is 162 g/mol. The van der Waals surface area contributed by atoms with Crippen molar-refractivity contribution < 1.29 is 14.4 Å². The van der Waals surface area contributed by atoms with Crippen LogP contribution in [-0.2, 0) is 9.53 Å². The van der Waals surface area contributed by atoms with Gasteiger partial charge in [-0.25, -0.2) is 4.79 Å². The lowest BCUT2D eigenvalue weighted by molar-refractivity contribution is -0.152. The second-order valence-corrected chi connectivity index (χ2v) is 3.34. The van der Waals surface area contributed by atoms with E-state index in [4.69, 9.17) is 0 Å². The number of carbonyl (C=O) groups excluding carboxylic acids is 1. The summed E-state index contributed by atoms with van der Waals surface area (Å²) in [5, 5.41) is 0. The highest BCUT2D eigenvalue weighted by Crippen LogP contribution is 2.06. The van der Waals surface area contributed by atoms with Crippen LogP contribution in [0.2, 0.25) is 0 Å². The third-order valence-electron chi connectivity index (χ3n) is 0.848. The molecule has 3 nitrogen and oxygen atoms in total. The molecule has 0 N–H and O–H groups in total. The Hall–Kier alpha value is -0.400. The Balaban J connectivity index is 3.75. The normalized spacial score (nSPS) is 11.3. The van der Waals surface area contributed by atoms with Crippen molar-refractivity contribution in [2.24, 2.45) is 0 Å². The molecule has 1 atom stereocenters. The molecule has 0 aliphatic heterocycles. The molecular weight excluding hydrogens is 151 g/mol. The van der Waals surface area contributed by atoms with Gasteiger partial charge >= 0.3 is 5.97 Å². The van der Waals surface area contributed by atoms with Gasteiger partial charge < -0.3 is 9.63 Å². The quantitative estimate of drug-likeness (QED) is 0.437. The molecule has 0 bridgehead atoms. The van der Waals surface area contributed by atoms with Crippen molar-refractivity contribution >= 4 is 19.5 Å². The van der Waals surface area contributed by atoms with Crippen molar-refractivity contribution in [3.8, 4) is 0 Å². The third-order valence-corrected chi connectivity index (χ3v) is 1.97. The maximum absolute atomic E-state index is 10.7. The van der Waals surface area contributed by atoms with E-state index in [1.54, 1.807) is 13.8 Å². The highest BCUT2D eigenvalue weighted by atomic mass is 31.1. The van der Waals surface area contributed by atoms with E-state index >= 15 is 0 Å². The van der Waals surface area contributed by atoms with Gasteiger partial charge in [0.1, 0.15) is 0 Å². The highest BCUT2D eigenvalue weighted by molar-refractivity contribution is 7.51. The first kappa shape index (κ1) is 9.60. The van der Waals surface area contributed by atoms with Crippen LogP contribution in [0.1, 0.15) is 13.8 Å². The minimum Gasteiger partial charge on any atom is -0.630 e. The number of rotatable bonds is 3. The van der Waals surface area contributed by atoms with Crippen molar-refractivity contribution in [3.05, 3.63) is 0 Å². The summed E-state index contributed by atoms with van der Waals surface area (Å²) in [5.74, 6) is 0.643. The van der Waals surface area contributed by atoms with E-state index in [0.717, 1.165) is 5.80 Å². The molecule has 0 heterocycles. The Bertz CT molecular complexity index is 142. The molecule has 0 fully saturated rings. The molecule has 10 heavy (non-hydrogen) atoms. The molecule has 0 saturated carbocycles. The van der Waals surface area contributed by atoms with Crippen molar-refractivity contribution in [1.82, 2.24) is 0 Å². The van der Waals surface area contributed by atoms with Crippen LogP contribution in [0.3, 0.4) is 0 Å². The van der Waals surface area contributed by atoms with E-state index in [2.05, 4.69) is 4.74 Å². The Kier molecular flexibility index (Phi) is 5.17. The van der Waals surface area contributed by atoms with Crippen LogP contribution in [0, 0.1) is 0 Å². The summed E-state index contributed by atoms with van der Waals surface area (Å²) >= 11 is 0. The summed E-state index contributed by atoms with van der Waals surface area (Å²) in [6.45, 7) is 3.81. The molecular formula is C6H11O3P. The Labute approximate surface area is 61.5 Å². The molecule has 0 aromatic rings. The fourth-order valence-corrected chi connectivity index (χ4v) is 0.881. The first-order valence-corrected chi connectivity index (χ1v) is 4.67. The average Bonchev–Trinajstić information content (AvgIpc) is 1.88. The molecule has 0 radical (unpaired) electrons. The second kappa shape index (κ2) is 5.39.